The highest BCUT2D eigenvalue weighted by molar-refractivity contribution is 15.0. The number of benzene rings is 8. The lowest BCUT2D eigenvalue weighted by Gasteiger charge is -2.23. The first-order chi connectivity index (χ1) is 52.6. The molecule has 27 heteroatoms. The smallest absolute Gasteiger partial charge is 0.336 e. The van der Waals surface area contributed by atoms with Gasteiger partial charge in [-0.1, -0.05) is 147 Å². The van der Waals surface area contributed by atoms with Gasteiger partial charge in [-0.15, -0.1) is 0 Å². The van der Waals surface area contributed by atoms with Gasteiger partial charge in [0.2, 0.25) is 14.7 Å². The van der Waals surface area contributed by atoms with Gasteiger partial charge in [0.1, 0.15) is 40.3 Å². The molecule has 8 aromatic carbocycles. The Morgan fingerprint density at radius 3 is 1.41 bits per heavy atom. The molecule has 2 aliphatic rings. The summed E-state index contributed by atoms with van der Waals surface area (Å²) in [7, 11) is -4.48. The van der Waals surface area contributed by atoms with E-state index in [9.17, 15) is 56.9 Å². The van der Waals surface area contributed by atoms with Crippen molar-refractivity contribution in [3.8, 4) is 23.0 Å². The number of amides is 3. The Hall–Kier alpha value is -9.66. The van der Waals surface area contributed by atoms with E-state index in [-0.39, 0.29) is 121 Å². The number of aromatic hydroxyl groups is 1. The summed E-state index contributed by atoms with van der Waals surface area (Å²) < 4.78 is 82.5. The maximum Gasteiger partial charge on any atom is 0.336 e. The van der Waals surface area contributed by atoms with Gasteiger partial charge in [-0.25, -0.2) is 13.6 Å². The number of aromatic carboxylic acids is 1. The molecule has 4 N–H and O–H groups in total. The molecule has 0 spiro atoms. The van der Waals surface area contributed by atoms with Crippen LogP contribution in [-0.4, -0.2) is 124 Å². The number of phenolic OH excluding ortho intramolecular Hbond substituents is 1. The summed E-state index contributed by atoms with van der Waals surface area (Å²) in [6.07, 6.45) is 4.16. The van der Waals surface area contributed by atoms with Crippen LogP contribution in [-0.2, 0) is 54.4 Å². The Morgan fingerprint density at radius 2 is 0.972 bits per heavy atom. The van der Waals surface area contributed by atoms with E-state index >= 15 is 0 Å². The van der Waals surface area contributed by atoms with E-state index in [1.54, 1.807) is 124 Å². The Morgan fingerprint density at radius 1 is 0.560 bits per heavy atom. The SMILES string of the molecule is CCOC(=O)[C@H](C)CP(=O)(CCCNC(=O)c1c2c(c(O)c3ncccc13)C(=O)N(Cc1ccc(F)cc1)C2)Oc1ccccc1.CCOC(=O)[C@H](C)CP(=O)(CCCNC)Oc1ccccc1.II.O=C(O)c1c2c(c(OC(c3ccccc3)c3ccccc3)c3ncccc13)C(=O)N(Cc1ccc(F)cc1)C2. The normalized spacial score (nSPS) is 13.7. The number of aromatic nitrogens is 2. The molecule has 2 aromatic heterocycles. The summed E-state index contributed by atoms with van der Waals surface area (Å²) in [5, 5.41) is 28.0. The van der Waals surface area contributed by atoms with Crippen molar-refractivity contribution in [2.75, 3.05) is 58.0 Å². The lowest BCUT2D eigenvalue weighted by Crippen LogP contribution is -2.27. The predicted octanol–water partition coefficient (Wildman–Crippen LogP) is 17.2. The van der Waals surface area contributed by atoms with E-state index < -0.39 is 62.2 Å². The second-order valence-electron chi connectivity index (χ2n) is 25.8. The molecule has 109 heavy (non-hydrogen) atoms. The molecule has 2 unspecified atom stereocenters. The van der Waals surface area contributed by atoms with Crippen molar-refractivity contribution in [3.05, 3.63) is 274 Å². The number of phenols is 1. The third-order valence-electron chi connectivity index (χ3n) is 17.8. The molecule has 4 atom stereocenters. The fraction of sp³-hybridized carbons (Fsp3) is 0.268. The number of rotatable bonds is 30. The minimum absolute atomic E-state index is 0.00665. The van der Waals surface area contributed by atoms with Gasteiger partial charge in [-0.3, -0.25) is 43.1 Å². The van der Waals surface area contributed by atoms with Crippen molar-refractivity contribution in [2.24, 2.45) is 11.8 Å². The van der Waals surface area contributed by atoms with Crippen LogP contribution in [0.2, 0.25) is 0 Å². The number of halogens is 4. The zero-order valence-electron chi connectivity index (χ0n) is 60.7. The van der Waals surface area contributed by atoms with E-state index in [0.717, 1.165) is 29.7 Å². The van der Waals surface area contributed by atoms with E-state index in [0.29, 0.717) is 57.2 Å². The fourth-order valence-electron chi connectivity index (χ4n) is 12.8. The van der Waals surface area contributed by atoms with Crippen molar-refractivity contribution in [1.82, 2.24) is 30.4 Å². The van der Waals surface area contributed by atoms with Gasteiger partial charge in [0.15, 0.2) is 11.5 Å². The molecule has 0 fully saturated rings. The number of hydrogen-bond acceptors (Lipinski definition) is 17. The van der Waals surface area contributed by atoms with Crippen LogP contribution in [0.3, 0.4) is 0 Å². The third-order valence-corrected chi connectivity index (χ3v) is 23.1. The first-order valence-electron chi connectivity index (χ1n) is 35.3. The summed E-state index contributed by atoms with van der Waals surface area (Å²) in [5.74, 6) is -4.17. The van der Waals surface area contributed by atoms with Gasteiger partial charge in [-0.05, 0) is 123 Å². The molecule has 570 valence electrons. The number of pyridine rings is 2. The number of fused-ring (bicyclic) bond motifs is 4. The molecular weight excluding hydrogens is 1660 g/mol. The van der Waals surface area contributed by atoms with Crippen molar-refractivity contribution in [3.63, 3.8) is 0 Å². The Kier molecular flexibility index (Phi) is 30.7. The summed E-state index contributed by atoms with van der Waals surface area (Å²) in [4.78, 5) is 89.5. The molecule has 0 saturated heterocycles. The lowest BCUT2D eigenvalue weighted by atomic mass is 9.96. The molecular formula is C82H84F2I2N6O15P2. The number of nitrogens with one attached hydrogen (secondary N) is 2. The largest absolute Gasteiger partial charge is 0.505 e. The number of carbonyl (C=O) groups excluding carboxylic acids is 5. The van der Waals surface area contributed by atoms with Crippen molar-refractivity contribution in [1.29, 1.82) is 0 Å². The molecule has 10 aromatic rings. The maximum atomic E-state index is 14.0. The van der Waals surface area contributed by atoms with Gasteiger partial charge in [0, 0.05) is 129 Å². The van der Waals surface area contributed by atoms with E-state index in [4.69, 9.17) is 23.3 Å². The maximum absolute atomic E-state index is 14.0. The van der Waals surface area contributed by atoms with Crippen molar-refractivity contribution in [2.45, 2.75) is 72.8 Å². The quantitative estimate of drug-likeness (QED) is 0.0141. The summed E-state index contributed by atoms with van der Waals surface area (Å²) in [6.45, 7) is 8.74. The van der Waals surface area contributed by atoms with Crippen LogP contribution < -0.4 is 24.4 Å². The average molecular weight is 1750 g/mol. The van der Waals surface area contributed by atoms with E-state index in [1.165, 1.54) is 35.4 Å². The third kappa shape index (κ3) is 21.9. The molecule has 0 radical (unpaired) electrons. The monoisotopic (exact) mass is 1750 g/mol. The number of ether oxygens (including phenoxy) is 3. The topological polar surface area (TPSA) is 279 Å². The van der Waals surface area contributed by atoms with Crippen LogP contribution in [0.4, 0.5) is 8.78 Å². The minimum Gasteiger partial charge on any atom is -0.505 e. The van der Waals surface area contributed by atoms with Crippen LogP contribution in [0.25, 0.3) is 21.8 Å². The van der Waals surface area contributed by atoms with Crippen LogP contribution >= 0.6 is 52.0 Å². The molecule has 3 amide bonds. The zero-order chi connectivity index (χ0) is 78.2. The number of hydrogen-bond donors (Lipinski definition) is 4. The minimum atomic E-state index is -3.39. The van der Waals surface area contributed by atoms with E-state index in [2.05, 4.69) is 57.8 Å². The fourth-order valence-corrected chi connectivity index (χ4v) is 17.8. The zero-order valence-corrected chi connectivity index (χ0v) is 66.8. The number of esters is 2. The van der Waals surface area contributed by atoms with Gasteiger partial charge in [-0.2, -0.15) is 0 Å². The second kappa shape index (κ2) is 40.1. The highest BCUT2D eigenvalue weighted by Crippen LogP contribution is 2.51. The molecule has 0 saturated carbocycles. The second-order valence-corrected chi connectivity index (χ2v) is 31.0. The first-order valence-corrected chi connectivity index (χ1v) is 45.6. The summed E-state index contributed by atoms with van der Waals surface area (Å²) in [5.41, 5.74) is 4.78. The Bertz CT molecular complexity index is 4850. The van der Waals surface area contributed by atoms with Crippen LogP contribution in [0, 0.1) is 23.5 Å². The van der Waals surface area contributed by atoms with Crippen LogP contribution in [0.15, 0.2) is 207 Å². The van der Waals surface area contributed by atoms with Crippen molar-refractivity contribution >= 4 is 109 Å². The summed E-state index contributed by atoms with van der Waals surface area (Å²) >= 11 is 4.24. The first kappa shape index (κ1) is 83.4. The molecule has 2 aliphatic heterocycles. The summed E-state index contributed by atoms with van der Waals surface area (Å²) in [6, 6.07) is 55.4. The molecule has 0 bridgehead atoms. The van der Waals surface area contributed by atoms with Gasteiger partial charge in [0.05, 0.1) is 47.3 Å². The highest BCUT2D eigenvalue weighted by atomic mass is 128. The molecule has 21 nitrogen and oxygen atoms in total. The van der Waals surface area contributed by atoms with Gasteiger partial charge < -0.3 is 53.9 Å². The Balaban J connectivity index is 0.000000197. The predicted molar refractivity (Wildman–Crippen MR) is 431 cm³/mol. The van der Waals surface area contributed by atoms with Gasteiger partial charge in [0.25, 0.3) is 17.7 Å². The molecule has 4 heterocycles. The highest BCUT2D eigenvalue weighted by Gasteiger charge is 2.40. The van der Waals surface area contributed by atoms with Crippen molar-refractivity contribution < 1.29 is 80.1 Å². The average Bonchev–Trinajstić information content (AvgIpc) is 1.63. The Labute approximate surface area is 654 Å². The van der Waals surface area contributed by atoms with E-state index in [1.807, 2.05) is 92.0 Å². The number of carbonyl (C=O) groups is 6. The molecule has 12 rings (SSSR count). The number of carboxylic acids is 1. The standard InChI is InChI=1S/C34H35FN3O7P.C32H23FN2O4.C16H26NO4P.I2/c1-3-44-34(42)22(2)21-46(43,45-25-9-5-4-6-10-25)18-8-17-37-32(40)28-26-11-7-16-36-30(26)31(39)29-27(28)20-38(33(29)41)19-23-12-14-24(35)15-13-23;33-23-15-13-20(14-16-23)18-35-19-25-26(32(37)38)24-12-7-17-34-28(24)30(27(25)31(35)36)39-29(21-8-3-1-4-9-21)22-10-5-2-6-11-22;1-4-20-16(18)14(2)13-22(19,12-8-11-17-3)21-15-9-6-5-7-10-15;1-2/h4-7,9-16,22,39H,3,8,17-21H2,1-2H3,(H,37,40);1-17,29H,18-19H2,(H,37,38);5-7,9-10,14,17H,4,8,11-13H2,1-3H3;/t22-,46?;;14-,22?;/m1.1./s1. The van der Waals surface area contributed by atoms with Gasteiger partial charge >= 0.3 is 17.9 Å². The van der Waals surface area contributed by atoms with Crippen LogP contribution in [0.5, 0.6) is 23.0 Å². The number of nitrogens with zero attached hydrogens (tertiary/aromatic N) is 4. The molecule has 0 aliphatic carbocycles. The van der Waals surface area contributed by atoms with Crippen LogP contribution in [0.1, 0.15) is 121 Å². The number of para-hydroxylation sites is 2. The number of carboxylic acid groups (broad SMARTS) is 1. The lowest BCUT2D eigenvalue weighted by molar-refractivity contribution is -0.147.